The van der Waals surface area contributed by atoms with E-state index < -0.39 is 0 Å². The van der Waals surface area contributed by atoms with Gasteiger partial charge in [0, 0.05) is 36.6 Å². The summed E-state index contributed by atoms with van der Waals surface area (Å²) in [6.07, 6.45) is 0.948. The van der Waals surface area contributed by atoms with Crippen LogP contribution in [0.4, 0.5) is 4.39 Å². The number of thioether (sulfide) groups is 1. The van der Waals surface area contributed by atoms with Gasteiger partial charge < -0.3 is 9.64 Å². The van der Waals surface area contributed by atoms with Crippen molar-refractivity contribution in [2.45, 2.75) is 19.8 Å². The maximum atomic E-state index is 13.3. The predicted octanol–water partition coefficient (Wildman–Crippen LogP) is 4.62. The zero-order valence-electron chi connectivity index (χ0n) is 16.9. The second-order valence-electron chi connectivity index (χ2n) is 7.17. The number of aromatic nitrogens is 2. The van der Waals surface area contributed by atoms with E-state index in [0.717, 1.165) is 41.5 Å². The summed E-state index contributed by atoms with van der Waals surface area (Å²) >= 11 is 1.88. The SMILES string of the molecule is Cc1nn(-c2ccccc2)c(Oc2ccc(F)cc2)c1CCC(=O)N1CCSCC1. The highest BCUT2D eigenvalue weighted by Gasteiger charge is 2.22. The number of nitrogens with zero attached hydrogens (tertiary/aromatic N) is 3. The zero-order valence-corrected chi connectivity index (χ0v) is 17.7. The number of rotatable bonds is 6. The molecule has 0 bridgehead atoms. The Kier molecular flexibility index (Phi) is 6.38. The molecular weight excluding hydrogens is 401 g/mol. The third-order valence-electron chi connectivity index (χ3n) is 5.12. The van der Waals surface area contributed by atoms with Crippen LogP contribution >= 0.6 is 11.8 Å². The molecule has 0 spiro atoms. The molecule has 1 amide bonds. The van der Waals surface area contributed by atoms with Gasteiger partial charge in [0.15, 0.2) is 0 Å². The Morgan fingerprint density at radius 1 is 1.10 bits per heavy atom. The van der Waals surface area contributed by atoms with E-state index in [1.54, 1.807) is 16.8 Å². The smallest absolute Gasteiger partial charge is 0.226 e. The summed E-state index contributed by atoms with van der Waals surface area (Å²) in [4.78, 5) is 14.6. The van der Waals surface area contributed by atoms with Crippen LogP contribution < -0.4 is 4.74 Å². The number of carbonyl (C=O) groups excluding carboxylic acids is 1. The van der Waals surface area contributed by atoms with E-state index in [0.29, 0.717) is 24.5 Å². The number of halogens is 1. The van der Waals surface area contributed by atoms with E-state index in [4.69, 9.17) is 4.74 Å². The lowest BCUT2D eigenvalue weighted by Crippen LogP contribution is -2.38. The van der Waals surface area contributed by atoms with Gasteiger partial charge in [0.05, 0.1) is 11.4 Å². The molecule has 4 rings (SSSR count). The number of amides is 1. The molecule has 1 aliphatic heterocycles. The Balaban J connectivity index is 1.62. The first-order valence-electron chi connectivity index (χ1n) is 10.0. The van der Waals surface area contributed by atoms with E-state index in [1.165, 1.54) is 12.1 Å². The fourth-order valence-corrected chi connectivity index (χ4v) is 4.40. The number of hydrogen-bond donors (Lipinski definition) is 0. The molecular formula is C23H24FN3O2S. The van der Waals surface area contributed by atoms with Crippen LogP contribution in [-0.2, 0) is 11.2 Å². The van der Waals surface area contributed by atoms with E-state index >= 15 is 0 Å². The van der Waals surface area contributed by atoms with Crippen LogP contribution in [0.2, 0.25) is 0 Å². The average Bonchev–Trinajstić information content (AvgIpc) is 3.09. The van der Waals surface area contributed by atoms with Crippen LogP contribution in [0, 0.1) is 12.7 Å². The molecule has 156 valence electrons. The number of benzene rings is 2. The van der Waals surface area contributed by atoms with Gasteiger partial charge in [-0.05, 0) is 49.7 Å². The minimum absolute atomic E-state index is 0.162. The van der Waals surface area contributed by atoms with Crippen LogP contribution in [0.1, 0.15) is 17.7 Å². The molecule has 2 aromatic carbocycles. The van der Waals surface area contributed by atoms with E-state index in [-0.39, 0.29) is 11.7 Å². The van der Waals surface area contributed by atoms with Gasteiger partial charge in [-0.25, -0.2) is 9.07 Å². The largest absolute Gasteiger partial charge is 0.439 e. The molecule has 30 heavy (non-hydrogen) atoms. The topological polar surface area (TPSA) is 47.4 Å². The van der Waals surface area contributed by atoms with Crippen molar-refractivity contribution in [1.82, 2.24) is 14.7 Å². The Labute approximate surface area is 179 Å². The average molecular weight is 426 g/mol. The number of carbonyl (C=O) groups is 1. The second kappa shape index (κ2) is 9.34. The number of para-hydroxylation sites is 1. The molecule has 1 saturated heterocycles. The third-order valence-corrected chi connectivity index (χ3v) is 6.06. The van der Waals surface area contributed by atoms with Crippen LogP contribution in [-0.4, -0.2) is 45.2 Å². The van der Waals surface area contributed by atoms with Gasteiger partial charge in [-0.3, -0.25) is 4.79 Å². The molecule has 0 atom stereocenters. The summed E-state index contributed by atoms with van der Waals surface area (Å²) in [6.45, 7) is 3.55. The highest BCUT2D eigenvalue weighted by atomic mass is 32.2. The Morgan fingerprint density at radius 3 is 2.50 bits per heavy atom. The van der Waals surface area contributed by atoms with E-state index in [2.05, 4.69) is 5.10 Å². The molecule has 0 N–H and O–H groups in total. The molecule has 7 heteroatoms. The number of ether oxygens (including phenoxy) is 1. The van der Waals surface area contributed by atoms with Gasteiger partial charge in [-0.2, -0.15) is 16.9 Å². The van der Waals surface area contributed by atoms with Gasteiger partial charge >= 0.3 is 0 Å². The first-order chi connectivity index (χ1) is 14.6. The van der Waals surface area contributed by atoms with Crippen LogP contribution in [0.5, 0.6) is 11.6 Å². The molecule has 0 saturated carbocycles. The fourth-order valence-electron chi connectivity index (χ4n) is 3.49. The first kappa shape index (κ1) is 20.5. The van der Waals surface area contributed by atoms with Gasteiger partial charge in [-0.15, -0.1) is 0 Å². The molecule has 0 aliphatic carbocycles. The zero-order chi connectivity index (χ0) is 20.9. The maximum absolute atomic E-state index is 13.3. The van der Waals surface area contributed by atoms with Crippen molar-refractivity contribution in [2.24, 2.45) is 0 Å². The molecule has 3 aromatic rings. The Bertz CT molecular complexity index is 999. The molecule has 1 aromatic heterocycles. The van der Waals surface area contributed by atoms with Crippen molar-refractivity contribution >= 4 is 17.7 Å². The quantitative estimate of drug-likeness (QED) is 0.578. The van der Waals surface area contributed by atoms with E-state index in [1.807, 2.05) is 53.9 Å². The molecule has 5 nitrogen and oxygen atoms in total. The summed E-state index contributed by atoms with van der Waals surface area (Å²) in [7, 11) is 0. The first-order valence-corrected chi connectivity index (χ1v) is 11.2. The molecule has 1 aliphatic rings. The molecule has 0 radical (unpaired) electrons. The van der Waals surface area contributed by atoms with Gasteiger partial charge in [-0.1, -0.05) is 18.2 Å². The van der Waals surface area contributed by atoms with Crippen molar-refractivity contribution in [3.05, 3.63) is 71.7 Å². The third kappa shape index (κ3) is 4.67. The Hall–Kier alpha value is -2.80. The van der Waals surface area contributed by atoms with Crippen LogP contribution in [0.3, 0.4) is 0 Å². The molecule has 2 heterocycles. The highest BCUT2D eigenvalue weighted by Crippen LogP contribution is 2.31. The fraction of sp³-hybridized carbons (Fsp3) is 0.304. The lowest BCUT2D eigenvalue weighted by molar-refractivity contribution is -0.130. The Morgan fingerprint density at radius 2 is 1.80 bits per heavy atom. The number of hydrogen-bond acceptors (Lipinski definition) is 4. The summed E-state index contributed by atoms with van der Waals surface area (Å²) in [5.74, 6) is 2.92. The summed E-state index contributed by atoms with van der Waals surface area (Å²) < 4.78 is 21.2. The molecule has 1 fully saturated rings. The lowest BCUT2D eigenvalue weighted by atomic mass is 10.1. The van der Waals surface area contributed by atoms with Gasteiger partial charge in [0.25, 0.3) is 0 Å². The summed E-state index contributed by atoms with van der Waals surface area (Å²) in [5.41, 5.74) is 2.57. The van der Waals surface area contributed by atoms with Crippen molar-refractivity contribution < 1.29 is 13.9 Å². The monoisotopic (exact) mass is 425 g/mol. The van der Waals surface area contributed by atoms with Gasteiger partial charge in [0.2, 0.25) is 11.8 Å². The van der Waals surface area contributed by atoms with Crippen molar-refractivity contribution in [1.29, 1.82) is 0 Å². The summed E-state index contributed by atoms with van der Waals surface area (Å²) in [6, 6.07) is 15.6. The standard InChI is InChI=1S/C23H24FN3O2S/c1-17-21(11-12-22(28)26-13-15-30-16-14-26)23(29-20-9-7-18(24)8-10-20)27(25-17)19-5-3-2-4-6-19/h2-10H,11-16H2,1H3. The normalized spacial score (nSPS) is 14.0. The summed E-state index contributed by atoms with van der Waals surface area (Å²) in [5, 5.41) is 4.67. The van der Waals surface area contributed by atoms with Crippen molar-refractivity contribution in [3.8, 4) is 17.3 Å². The second-order valence-corrected chi connectivity index (χ2v) is 8.39. The lowest BCUT2D eigenvalue weighted by Gasteiger charge is -2.26. The minimum atomic E-state index is -0.319. The van der Waals surface area contributed by atoms with Crippen LogP contribution in [0.25, 0.3) is 5.69 Å². The van der Waals surface area contributed by atoms with E-state index in [9.17, 15) is 9.18 Å². The van der Waals surface area contributed by atoms with Crippen molar-refractivity contribution in [3.63, 3.8) is 0 Å². The van der Waals surface area contributed by atoms with Gasteiger partial charge in [0.1, 0.15) is 11.6 Å². The predicted molar refractivity (Wildman–Crippen MR) is 117 cm³/mol. The maximum Gasteiger partial charge on any atom is 0.226 e. The highest BCUT2D eigenvalue weighted by molar-refractivity contribution is 7.99. The van der Waals surface area contributed by atoms with Crippen LogP contribution in [0.15, 0.2) is 54.6 Å². The van der Waals surface area contributed by atoms with Crippen molar-refractivity contribution in [2.75, 3.05) is 24.6 Å². The molecule has 0 unspecified atom stereocenters. The number of aryl methyl sites for hydroxylation is 1. The minimum Gasteiger partial charge on any atom is -0.439 e.